The van der Waals surface area contributed by atoms with Crippen molar-refractivity contribution in [3.63, 3.8) is 0 Å². The Kier molecular flexibility index (Phi) is 5.00. The van der Waals surface area contributed by atoms with Gasteiger partial charge in [-0.2, -0.15) is 5.26 Å². The Labute approximate surface area is 106 Å². The number of ether oxygens (including phenoxy) is 3. The first kappa shape index (κ1) is 13.8. The van der Waals surface area contributed by atoms with E-state index in [1.54, 1.807) is 25.3 Å². The molecule has 1 aromatic rings. The Bertz CT molecular complexity index is 465. The molecule has 0 aliphatic heterocycles. The van der Waals surface area contributed by atoms with Crippen LogP contribution >= 0.6 is 0 Å². The highest BCUT2D eigenvalue weighted by Gasteiger charge is 2.19. The van der Waals surface area contributed by atoms with Gasteiger partial charge < -0.3 is 14.2 Å². The summed E-state index contributed by atoms with van der Waals surface area (Å²) >= 11 is 0. The lowest BCUT2D eigenvalue weighted by Gasteiger charge is -2.11. The largest absolute Gasteiger partial charge is 0.493 e. The fourth-order valence-electron chi connectivity index (χ4n) is 1.57. The van der Waals surface area contributed by atoms with E-state index >= 15 is 0 Å². The number of hydrogen-bond acceptors (Lipinski definition) is 5. The van der Waals surface area contributed by atoms with Gasteiger partial charge in [-0.1, -0.05) is 6.07 Å². The first-order valence-electron chi connectivity index (χ1n) is 5.34. The lowest BCUT2D eigenvalue weighted by molar-refractivity contribution is -0.143. The van der Waals surface area contributed by atoms with Crippen LogP contribution in [-0.4, -0.2) is 27.3 Å². The second-order valence-corrected chi connectivity index (χ2v) is 3.60. The quantitative estimate of drug-likeness (QED) is 0.741. The van der Waals surface area contributed by atoms with Crippen molar-refractivity contribution in [2.24, 2.45) is 5.92 Å². The van der Waals surface area contributed by atoms with Crippen molar-refractivity contribution < 1.29 is 19.0 Å². The lowest BCUT2D eigenvalue weighted by Crippen LogP contribution is -2.16. The Morgan fingerprint density at radius 2 is 1.94 bits per heavy atom. The van der Waals surface area contributed by atoms with Crippen LogP contribution in [0.2, 0.25) is 0 Å². The minimum absolute atomic E-state index is 0.281. The number of carbonyl (C=O) groups excluding carboxylic acids is 1. The number of nitrogens with zero attached hydrogens (tertiary/aromatic N) is 1. The molecule has 0 fully saturated rings. The molecule has 0 spiro atoms. The van der Waals surface area contributed by atoms with E-state index in [1.165, 1.54) is 14.2 Å². The maximum absolute atomic E-state index is 11.3. The predicted octanol–water partition coefficient (Wildman–Crippen LogP) is 1.56. The third-order valence-electron chi connectivity index (χ3n) is 2.53. The van der Waals surface area contributed by atoms with E-state index in [2.05, 4.69) is 4.74 Å². The molecule has 0 aliphatic rings. The predicted molar refractivity (Wildman–Crippen MR) is 64.4 cm³/mol. The fraction of sp³-hybridized carbons (Fsp3) is 0.385. The topological polar surface area (TPSA) is 68.6 Å². The number of methoxy groups -OCH3 is 3. The van der Waals surface area contributed by atoms with Crippen LogP contribution in [0.25, 0.3) is 0 Å². The average Bonchev–Trinajstić information content (AvgIpc) is 2.43. The summed E-state index contributed by atoms with van der Waals surface area (Å²) < 4.78 is 14.8. The summed E-state index contributed by atoms with van der Waals surface area (Å²) in [5.41, 5.74) is 0.810. The number of carbonyl (C=O) groups is 1. The summed E-state index contributed by atoms with van der Waals surface area (Å²) in [6.45, 7) is 0. The normalized spacial score (nSPS) is 11.2. The summed E-state index contributed by atoms with van der Waals surface area (Å²) in [5, 5.41) is 8.91. The maximum Gasteiger partial charge on any atom is 0.323 e. The number of nitriles is 1. The highest BCUT2D eigenvalue weighted by molar-refractivity contribution is 5.75. The van der Waals surface area contributed by atoms with E-state index in [-0.39, 0.29) is 6.42 Å². The van der Waals surface area contributed by atoms with Crippen LogP contribution in [0, 0.1) is 17.2 Å². The van der Waals surface area contributed by atoms with E-state index in [0.29, 0.717) is 11.5 Å². The molecule has 0 heterocycles. The average molecular weight is 249 g/mol. The third kappa shape index (κ3) is 3.14. The van der Waals surface area contributed by atoms with Gasteiger partial charge in [-0.25, -0.2) is 0 Å². The van der Waals surface area contributed by atoms with Crippen molar-refractivity contribution in [2.75, 3.05) is 21.3 Å². The third-order valence-corrected chi connectivity index (χ3v) is 2.53. The number of rotatable bonds is 5. The number of hydrogen-bond donors (Lipinski definition) is 0. The Hall–Kier alpha value is -2.22. The zero-order chi connectivity index (χ0) is 13.5. The van der Waals surface area contributed by atoms with Crippen molar-refractivity contribution in [1.82, 2.24) is 0 Å². The summed E-state index contributed by atoms with van der Waals surface area (Å²) in [5.74, 6) is -0.176. The minimum atomic E-state index is -0.812. The summed E-state index contributed by atoms with van der Waals surface area (Å²) in [7, 11) is 4.34. The molecule has 1 rings (SSSR count). The number of esters is 1. The Morgan fingerprint density at radius 1 is 1.28 bits per heavy atom. The number of benzene rings is 1. The summed E-state index contributed by atoms with van der Waals surface area (Å²) in [6, 6.07) is 7.19. The molecule has 1 atom stereocenters. The molecule has 5 nitrogen and oxygen atoms in total. The minimum Gasteiger partial charge on any atom is -0.493 e. The molecular weight excluding hydrogens is 234 g/mol. The standard InChI is InChI=1S/C13H15NO4/c1-16-11-5-4-9(7-12(11)17-2)6-10(8-14)13(15)18-3/h4-5,7,10H,6H2,1-3H3/t10-/m0/s1. The molecule has 0 saturated heterocycles. The molecule has 0 aliphatic carbocycles. The SMILES string of the molecule is COC(=O)[C@H](C#N)Cc1ccc(OC)c(OC)c1. The van der Waals surface area contributed by atoms with E-state index < -0.39 is 11.9 Å². The van der Waals surface area contributed by atoms with E-state index in [1.807, 2.05) is 6.07 Å². The van der Waals surface area contributed by atoms with Crippen molar-refractivity contribution in [2.45, 2.75) is 6.42 Å². The zero-order valence-corrected chi connectivity index (χ0v) is 10.6. The van der Waals surface area contributed by atoms with Crippen LogP contribution in [0.1, 0.15) is 5.56 Å². The van der Waals surface area contributed by atoms with Gasteiger partial charge in [0.2, 0.25) is 0 Å². The van der Waals surface area contributed by atoms with Gasteiger partial charge in [-0.05, 0) is 24.1 Å². The molecule has 0 N–H and O–H groups in total. The second kappa shape index (κ2) is 6.50. The zero-order valence-electron chi connectivity index (χ0n) is 10.6. The van der Waals surface area contributed by atoms with Crippen molar-refractivity contribution in [1.29, 1.82) is 5.26 Å². The first-order valence-corrected chi connectivity index (χ1v) is 5.34. The smallest absolute Gasteiger partial charge is 0.323 e. The van der Waals surface area contributed by atoms with Crippen molar-refractivity contribution >= 4 is 5.97 Å². The van der Waals surface area contributed by atoms with Gasteiger partial charge in [0.25, 0.3) is 0 Å². The van der Waals surface area contributed by atoms with Crippen LogP contribution in [0.15, 0.2) is 18.2 Å². The van der Waals surface area contributed by atoms with Crippen molar-refractivity contribution in [3.05, 3.63) is 23.8 Å². The lowest BCUT2D eigenvalue weighted by atomic mass is 10.0. The molecule has 0 amide bonds. The maximum atomic E-state index is 11.3. The van der Waals surface area contributed by atoms with Crippen molar-refractivity contribution in [3.8, 4) is 17.6 Å². The van der Waals surface area contributed by atoms with Crippen LogP contribution < -0.4 is 9.47 Å². The van der Waals surface area contributed by atoms with Gasteiger partial charge in [0.05, 0.1) is 27.4 Å². The van der Waals surface area contributed by atoms with Crippen LogP contribution in [0.4, 0.5) is 0 Å². The highest BCUT2D eigenvalue weighted by atomic mass is 16.5. The Balaban J connectivity index is 2.91. The molecule has 96 valence electrons. The molecule has 0 aromatic heterocycles. The Morgan fingerprint density at radius 3 is 2.44 bits per heavy atom. The second-order valence-electron chi connectivity index (χ2n) is 3.60. The molecule has 0 unspecified atom stereocenters. The summed E-state index contributed by atoms with van der Waals surface area (Å²) in [6.07, 6.45) is 0.281. The molecular formula is C13H15NO4. The molecule has 0 radical (unpaired) electrons. The molecule has 0 saturated carbocycles. The van der Waals surface area contributed by atoms with Crippen LogP contribution in [0.5, 0.6) is 11.5 Å². The van der Waals surface area contributed by atoms with Gasteiger partial charge in [0.15, 0.2) is 11.5 Å². The van der Waals surface area contributed by atoms with E-state index in [0.717, 1.165) is 5.56 Å². The van der Waals surface area contributed by atoms with Gasteiger partial charge in [0.1, 0.15) is 5.92 Å². The van der Waals surface area contributed by atoms with E-state index in [4.69, 9.17) is 14.7 Å². The van der Waals surface area contributed by atoms with Crippen LogP contribution in [-0.2, 0) is 16.0 Å². The molecule has 18 heavy (non-hydrogen) atoms. The molecule has 1 aromatic carbocycles. The molecule has 5 heteroatoms. The highest BCUT2D eigenvalue weighted by Crippen LogP contribution is 2.28. The molecule has 0 bridgehead atoms. The first-order chi connectivity index (χ1) is 8.65. The van der Waals surface area contributed by atoms with Gasteiger partial charge in [0, 0.05) is 0 Å². The van der Waals surface area contributed by atoms with Crippen LogP contribution in [0.3, 0.4) is 0 Å². The summed E-state index contributed by atoms with van der Waals surface area (Å²) in [4.78, 5) is 11.3. The fourth-order valence-corrected chi connectivity index (χ4v) is 1.57. The van der Waals surface area contributed by atoms with Gasteiger partial charge >= 0.3 is 5.97 Å². The monoisotopic (exact) mass is 249 g/mol. The van der Waals surface area contributed by atoms with Gasteiger partial charge in [-0.15, -0.1) is 0 Å². The van der Waals surface area contributed by atoms with Gasteiger partial charge in [-0.3, -0.25) is 4.79 Å². The van der Waals surface area contributed by atoms with E-state index in [9.17, 15) is 4.79 Å².